The maximum atomic E-state index is 4.06. The van der Waals surface area contributed by atoms with E-state index >= 15 is 0 Å². The Morgan fingerprint density at radius 1 is 1.27 bits per heavy atom. The first-order chi connectivity index (χ1) is 7.45. The maximum Gasteiger partial charge on any atom is 0.0675 e. The molecule has 0 saturated carbocycles. The molecule has 0 radical (unpaired) electrons. The molecular formula is C12H12N2S. The molecule has 15 heavy (non-hydrogen) atoms. The predicted molar refractivity (Wildman–Crippen MR) is 62.1 cm³/mol. The molecule has 2 nitrogen and oxygen atoms in total. The Kier molecular flexibility index (Phi) is 2.27. The van der Waals surface area contributed by atoms with E-state index in [0.29, 0.717) is 6.04 Å². The minimum atomic E-state index is 0.372. The van der Waals surface area contributed by atoms with Gasteiger partial charge in [-0.3, -0.25) is 4.98 Å². The number of nitrogens with one attached hydrogen (secondary N) is 1. The Bertz CT molecular complexity index is 450. The molecule has 2 aromatic heterocycles. The monoisotopic (exact) mass is 216 g/mol. The van der Waals surface area contributed by atoms with Crippen molar-refractivity contribution < 1.29 is 0 Å². The molecule has 0 bridgehead atoms. The van der Waals surface area contributed by atoms with E-state index < -0.39 is 0 Å². The van der Waals surface area contributed by atoms with Gasteiger partial charge in [-0.05, 0) is 41.1 Å². The van der Waals surface area contributed by atoms with E-state index in [9.17, 15) is 0 Å². The summed E-state index contributed by atoms with van der Waals surface area (Å²) >= 11 is 1.85. The van der Waals surface area contributed by atoms with E-state index in [-0.39, 0.29) is 0 Å². The zero-order chi connectivity index (χ0) is 10.1. The van der Waals surface area contributed by atoms with E-state index in [1.807, 2.05) is 23.7 Å². The van der Waals surface area contributed by atoms with Crippen LogP contribution in [-0.2, 0) is 6.42 Å². The second-order valence-corrected chi connectivity index (χ2v) is 4.68. The summed E-state index contributed by atoms with van der Waals surface area (Å²) in [5.41, 5.74) is 2.81. The lowest BCUT2D eigenvalue weighted by atomic mass is 9.99. The molecule has 0 aromatic carbocycles. The van der Waals surface area contributed by atoms with Crippen LogP contribution in [0, 0.1) is 0 Å². The van der Waals surface area contributed by atoms with Crippen LogP contribution in [0.5, 0.6) is 0 Å². The highest BCUT2D eigenvalue weighted by atomic mass is 32.1. The Labute approximate surface area is 93.0 Å². The third kappa shape index (κ3) is 1.58. The molecule has 1 N–H and O–H groups in total. The van der Waals surface area contributed by atoms with Crippen molar-refractivity contribution >= 4 is 11.3 Å². The molecule has 76 valence electrons. The Hall–Kier alpha value is -1.19. The minimum absolute atomic E-state index is 0.372. The molecular weight excluding hydrogens is 204 g/mol. The van der Waals surface area contributed by atoms with Gasteiger partial charge < -0.3 is 5.32 Å². The fourth-order valence-corrected chi connectivity index (χ4v) is 3.13. The van der Waals surface area contributed by atoms with Gasteiger partial charge in [0.2, 0.25) is 0 Å². The summed E-state index contributed by atoms with van der Waals surface area (Å²) in [6.07, 6.45) is 4.87. The Morgan fingerprint density at radius 2 is 2.13 bits per heavy atom. The van der Waals surface area contributed by atoms with E-state index in [0.717, 1.165) is 13.0 Å². The van der Waals surface area contributed by atoms with Crippen LogP contribution in [-0.4, -0.2) is 11.5 Å². The zero-order valence-electron chi connectivity index (χ0n) is 8.31. The number of hydrogen-bond donors (Lipinski definition) is 1. The molecule has 0 amide bonds. The van der Waals surface area contributed by atoms with Crippen molar-refractivity contribution in [1.29, 1.82) is 0 Å². The van der Waals surface area contributed by atoms with Crippen LogP contribution in [0.3, 0.4) is 0 Å². The number of pyridine rings is 1. The van der Waals surface area contributed by atoms with Gasteiger partial charge >= 0.3 is 0 Å². The number of thiophene rings is 1. The van der Waals surface area contributed by atoms with Crippen LogP contribution in [0.4, 0.5) is 0 Å². The molecule has 0 spiro atoms. The van der Waals surface area contributed by atoms with Gasteiger partial charge in [0.1, 0.15) is 0 Å². The normalized spacial score (nSPS) is 19.9. The van der Waals surface area contributed by atoms with Crippen molar-refractivity contribution in [2.75, 3.05) is 6.54 Å². The molecule has 1 atom stereocenters. The Morgan fingerprint density at radius 3 is 3.00 bits per heavy atom. The van der Waals surface area contributed by atoms with Crippen LogP contribution in [0.2, 0.25) is 0 Å². The van der Waals surface area contributed by atoms with Gasteiger partial charge in [-0.15, -0.1) is 11.3 Å². The molecule has 3 rings (SSSR count). The fourth-order valence-electron chi connectivity index (χ4n) is 2.08. The van der Waals surface area contributed by atoms with Crippen molar-refractivity contribution in [2.24, 2.45) is 0 Å². The third-order valence-corrected chi connectivity index (χ3v) is 3.85. The van der Waals surface area contributed by atoms with Crippen molar-refractivity contribution in [2.45, 2.75) is 12.5 Å². The average molecular weight is 216 g/mol. The number of fused-ring (bicyclic) bond motifs is 1. The predicted octanol–water partition coefficient (Wildman–Crippen LogP) is 2.38. The smallest absolute Gasteiger partial charge is 0.0675 e. The molecule has 0 saturated heterocycles. The summed E-state index contributed by atoms with van der Waals surface area (Å²) in [5.74, 6) is 0. The second kappa shape index (κ2) is 3.76. The molecule has 3 heterocycles. The lowest BCUT2D eigenvalue weighted by molar-refractivity contribution is 0.578. The van der Waals surface area contributed by atoms with Gasteiger partial charge in [-0.2, -0.15) is 0 Å². The first-order valence-corrected chi connectivity index (χ1v) is 6.03. The number of nitrogens with zero attached hydrogens (tertiary/aromatic N) is 1. The fraction of sp³-hybridized carbons (Fsp3) is 0.250. The van der Waals surface area contributed by atoms with Crippen molar-refractivity contribution in [3.05, 3.63) is 52.0 Å². The highest BCUT2D eigenvalue weighted by Gasteiger charge is 2.21. The first-order valence-electron chi connectivity index (χ1n) is 5.15. The van der Waals surface area contributed by atoms with Crippen LogP contribution in [0.25, 0.3) is 0 Å². The minimum Gasteiger partial charge on any atom is -0.305 e. The number of rotatable bonds is 1. The second-order valence-electron chi connectivity index (χ2n) is 3.73. The van der Waals surface area contributed by atoms with Crippen LogP contribution >= 0.6 is 11.3 Å². The highest BCUT2D eigenvalue weighted by molar-refractivity contribution is 7.10. The van der Waals surface area contributed by atoms with Gasteiger partial charge in [-0.1, -0.05) is 0 Å². The molecule has 1 unspecified atom stereocenters. The van der Waals surface area contributed by atoms with Gasteiger partial charge in [0.25, 0.3) is 0 Å². The van der Waals surface area contributed by atoms with Gasteiger partial charge in [-0.25, -0.2) is 0 Å². The van der Waals surface area contributed by atoms with E-state index in [4.69, 9.17) is 0 Å². The lowest BCUT2D eigenvalue weighted by Gasteiger charge is -2.24. The standard InChI is InChI=1S/C12H12N2S/c1-5-13-6-2-9(1)11-12-10(3-7-14-11)4-8-15-12/h1-2,4-6,8,11,14H,3,7H2. The number of hydrogen-bond acceptors (Lipinski definition) is 3. The van der Waals surface area contributed by atoms with Gasteiger partial charge in [0.05, 0.1) is 6.04 Å². The van der Waals surface area contributed by atoms with E-state index in [2.05, 4.69) is 33.9 Å². The van der Waals surface area contributed by atoms with E-state index in [1.165, 1.54) is 16.0 Å². The summed E-state index contributed by atoms with van der Waals surface area (Å²) in [7, 11) is 0. The first kappa shape index (κ1) is 9.07. The third-order valence-electron chi connectivity index (χ3n) is 2.83. The Balaban J connectivity index is 2.03. The molecule has 1 aliphatic heterocycles. The van der Waals surface area contributed by atoms with E-state index in [1.54, 1.807) is 0 Å². The van der Waals surface area contributed by atoms with Crippen molar-refractivity contribution in [3.8, 4) is 0 Å². The summed E-state index contributed by atoms with van der Waals surface area (Å²) < 4.78 is 0. The molecule has 0 fully saturated rings. The largest absolute Gasteiger partial charge is 0.305 e. The van der Waals surface area contributed by atoms with Gasteiger partial charge in [0.15, 0.2) is 0 Å². The topological polar surface area (TPSA) is 24.9 Å². The maximum absolute atomic E-state index is 4.06. The number of aromatic nitrogens is 1. The van der Waals surface area contributed by atoms with Crippen LogP contribution in [0.1, 0.15) is 22.0 Å². The quantitative estimate of drug-likeness (QED) is 0.791. The lowest BCUT2D eigenvalue weighted by Crippen LogP contribution is -2.29. The molecule has 2 aromatic rings. The summed E-state index contributed by atoms with van der Waals surface area (Å²) in [6.45, 7) is 1.07. The zero-order valence-corrected chi connectivity index (χ0v) is 9.13. The molecule has 0 aliphatic carbocycles. The van der Waals surface area contributed by atoms with Crippen LogP contribution in [0.15, 0.2) is 36.0 Å². The average Bonchev–Trinajstić information content (AvgIpc) is 2.78. The summed E-state index contributed by atoms with van der Waals surface area (Å²) in [5, 5.41) is 5.75. The molecule has 3 heteroatoms. The van der Waals surface area contributed by atoms with Crippen molar-refractivity contribution in [1.82, 2.24) is 10.3 Å². The highest BCUT2D eigenvalue weighted by Crippen LogP contribution is 2.32. The molecule has 1 aliphatic rings. The van der Waals surface area contributed by atoms with Crippen molar-refractivity contribution in [3.63, 3.8) is 0 Å². The van der Waals surface area contributed by atoms with Gasteiger partial charge in [0, 0.05) is 23.8 Å². The summed E-state index contributed by atoms with van der Waals surface area (Å²) in [6, 6.07) is 6.80. The summed E-state index contributed by atoms with van der Waals surface area (Å²) in [4.78, 5) is 5.52. The SMILES string of the molecule is c1cc(C2NCCc3ccsc32)ccn1. The van der Waals surface area contributed by atoms with Crippen LogP contribution < -0.4 is 5.32 Å².